The number of pyridine rings is 1. The molecule has 5 N–H and O–H groups in total. The molecule has 0 aliphatic carbocycles. The third-order valence-electron chi connectivity index (χ3n) is 6.09. The minimum Gasteiger partial charge on any atom is -0.377 e. The molecule has 2 heterocycles. The molecule has 0 radical (unpaired) electrons. The van der Waals surface area contributed by atoms with E-state index in [-0.39, 0.29) is 12.1 Å². The van der Waals surface area contributed by atoms with Crippen LogP contribution in [0.4, 0.5) is 11.4 Å². The van der Waals surface area contributed by atoms with Crippen molar-refractivity contribution < 1.29 is 0 Å². The van der Waals surface area contributed by atoms with Crippen LogP contribution in [-0.4, -0.2) is 11.0 Å². The van der Waals surface area contributed by atoms with E-state index in [0.717, 1.165) is 34.3 Å². The monoisotopic (exact) mass is 511 g/mol. The molecule has 0 fully saturated rings. The van der Waals surface area contributed by atoms with Gasteiger partial charge >= 0.3 is 0 Å². The van der Waals surface area contributed by atoms with E-state index in [0.29, 0.717) is 21.8 Å². The fourth-order valence-corrected chi connectivity index (χ4v) is 4.47. The molecule has 37 heavy (non-hydrogen) atoms. The number of benzene rings is 2. The quantitative estimate of drug-likeness (QED) is 0.205. The Hall–Kier alpha value is -4.25. The highest BCUT2D eigenvalue weighted by molar-refractivity contribution is 6.35. The van der Waals surface area contributed by atoms with Crippen LogP contribution < -0.4 is 27.0 Å². The van der Waals surface area contributed by atoms with Gasteiger partial charge in [-0.05, 0) is 36.6 Å². The van der Waals surface area contributed by atoms with Gasteiger partial charge in [-0.2, -0.15) is 10.8 Å². The van der Waals surface area contributed by atoms with Crippen LogP contribution in [0.1, 0.15) is 37.4 Å². The van der Waals surface area contributed by atoms with Gasteiger partial charge in [0.15, 0.2) is 0 Å². The van der Waals surface area contributed by atoms with Gasteiger partial charge in [-0.15, -0.1) is 0 Å². The van der Waals surface area contributed by atoms with Crippen molar-refractivity contribution >= 4 is 33.9 Å². The van der Waals surface area contributed by atoms with E-state index in [1.54, 1.807) is 6.20 Å². The Morgan fingerprint density at radius 1 is 1.22 bits per heavy atom. The van der Waals surface area contributed by atoms with Gasteiger partial charge in [-0.25, -0.2) is 0 Å². The molecule has 8 heteroatoms. The number of allylic oxidation sites excluding steroid dienone is 3. The van der Waals surface area contributed by atoms with Crippen LogP contribution in [-0.2, 0) is 0 Å². The van der Waals surface area contributed by atoms with E-state index in [4.69, 9.17) is 11.6 Å². The minimum atomic E-state index is -0.270. The first-order valence-electron chi connectivity index (χ1n) is 12.1. The lowest BCUT2D eigenvalue weighted by molar-refractivity contribution is 0.589. The highest BCUT2D eigenvalue weighted by atomic mass is 35.5. The topological polar surface area (TPSA) is 96.8 Å². The molecule has 0 spiro atoms. The first kappa shape index (κ1) is 25.8. The fourth-order valence-electron chi connectivity index (χ4n) is 4.20. The zero-order valence-electron chi connectivity index (χ0n) is 20.8. The summed E-state index contributed by atoms with van der Waals surface area (Å²) in [6.07, 6.45) is 12.1. The average molecular weight is 512 g/mol. The van der Waals surface area contributed by atoms with Crippen molar-refractivity contribution in [1.29, 1.82) is 5.26 Å². The highest BCUT2D eigenvalue weighted by Gasteiger charge is 2.21. The lowest BCUT2D eigenvalue weighted by Gasteiger charge is -2.24. The molecule has 188 valence electrons. The number of nitrogens with zero attached hydrogens (tertiary/aromatic N) is 2. The summed E-state index contributed by atoms with van der Waals surface area (Å²) in [6.45, 7) is 8.34. The van der Waals surface area contributed by atoms with Gasteiger partial charge in [0.05, 0.1) is 39.6 Å². The largest absolute Gasteiger partial charge is 0.377 e. The van der Waals surface area contributed by atoms with E-state index in [9.17, 15) is 5.26 Å². The first-order chi connectivity index (χ1) is 18.0. The third kappa shape index (κ3) is 5.95. The molecule has 1 aliphatic rings. The fraction of sp³-hybridized carbons (Fsp3) is 0.172. The first-order valence-corrected chi connectivity index (χ1v) is 12.5. The maximum atomic E-state index is 9.90. The zero-order valence-corrected chi connectivity index (χ0v) is 21.6. The molecule has 7 nitrogen and oxygen atoms in total. The summed E-state index contributed by atoms with van der Waals surface area (Å²) >= 11 is 6.73. The molecule has 0 unspecified atom stereocenters. The maximum Gasteiger partial charge on any atom is 0.103 e. The standard InChI is InChI=1S/C29H30ClN7/c1-4-6-8-11-19(3)27(26-18-33-37-36-26)34-22-14-23-28(21(16-31)17-32-29(23)24(30)15-22)35-25(5-2)20-12-9-7-10-13-20/h4,6-15,17-18,25,27,33-34,36-37H,3,5H2,1-2H3,(H,32,35)/b6-4-,11-8-/t25-,27+/m1/s1. The number of nitrogens with one attached hydrogen (secondary N) is 5. The number of anilines is 2. The average Bonchev–Trinajstić information content (AvgIpc) is 3.45. The minimum absolute atomic E-state index is 0.0172. The molecule has 0 saturated heterocycles. The van der Waals surface area contributed by atoms with Crippen LogP contribution >= 0.6 is 11.6 Å². The number of hydrogen-bond acceptors (Lipinski definition) is 7. The molecule has 0 bridgehead atoms. The molecule has 1 aliphatic heterocycles. The summed E-state index contributed by atoms with van der Waals surface area (Å²) in [7, 11) is 0. The highest BCUT2D eigenvalue weighted by Crippen LogP contribution is 2.36. The van der Waals surface area contributed by atoms with Crippen LogP contribution in [0.2, 0.25) is 5.02 Å². The molecule has 0 amide bonds. The van der Waals surface area contributed by atoms with Gasteiger partial charge in [0.2, 0.25) is 0 Å². The van der Waals surface area contributed by atoms with Gasteiger partial charge < -0.3 is 21.5 Å². The number of rotatable bonds is 10. The smallest absolute Gasteiger partial charge is 0.103 e. The SMILES string of the molecule is C=C(/C=C\C=C/C)[C@H](Nc1cc(Cl)c2ncc(C#N)c(N[C@H](CC)c3ccccc3)c2c1)C1=CNNN1. The van der Waals surface area contributed by atoms with E-state index >= 15 is 0 Å². The Kier molecular flexibility index (Phi) is 8.47. The number of hydrazine groups is 2. The summed E-state index contributed by atoms with van der Waals surface area (Å²) in [6, 6.07) is 16.0. The van der Waals surface area contributed by atoms with Gasteiger partial charge in [0, 0.05) is 23.5 Å². The van der Waals surface area contributed by atoms with Gasteiger partial charge in [-0.3, -0.25) is 4.98 Å². The number of aromatic nitrogens is 1. The van der Waals surface area contributed by atoms with Crippen LogP contribution in [0.25, 0.3) is 10.9 Å². The summed E-state index contributed by atoms with van der Waals surface area (Å²) in [5.41, 5.74) is 14.3. The van der Waals surface area contributed by atoms with Crippen LogP contribution in [0.15, 0.2) is 97.0 Å². The molecule has 0 saturated carbocycles. The van der Waals surface area contributed by atoms with Crippen molar-refractivity contribution in [2.45, 2.75) is 32.4 Å². The Morgan fingerprint density at radius 3 is 2.70 bits per heavy atom. The third-order valence-corrected chi connectivity index (χ3v) is 6.38. The van der Waals surface area contributed by atoms with Crippen LogP contribution in [0.3, 0.4) is 0 Å². The van der Waals surface area contributed by atoms with E-state index in [1.807, 2.05) is 67.8 Å². The van der Waals surface area contributed by atoms with E-state index in [1.165, 1.54) is 0 Å². The molecule has 2 aromatic carbocycles. The van der Waals surface area contributed by atoms with Gasteiger partial charge in [0.1, 0.15) is 6.07 Å². The normalized spacial score (nSPS) is 14.6. The molecule has 4 rings (SSSR count). The number of halogens is 1. The molecular formula is C29H30ClN7. The number of hydrogen-bond donors (Lipinski definition) is 5. The van der Waals surface area contributed by atoms with Crippen LogP contribution in [0, 0.1) is 11.3 Å². The second-order valence-corrected chi connectivity index (χ2v) is 8.97. The van der Waals surface area contributed by atoms with E-state index < -0.39 is 0 Å². The van der Waals surface area contributed by atoms with Gasteiger partial charge in [-0.1, -0.05) is 79.7 Å². The Bertz CT molecular complexity index is 1400. The lowest BCUT2D eigenvalue weighted by Crippen LogP contribution is -2.37. The van der Waals surface area contributed by atoms with Crippen molar-refractivity contribution in [2.75, 3.05) is 10.6 Å². The number of fused-ring (bicyclic) bond motifs is 1. The van der Waals surface area contributed by atoms with Crippen molar-refractivity contribution in [3.63, 3.8) is 0 Å². The maximum absolute atomic E-state index is 9.90. The molecule has 1 aromatic heterocycles. The van der Waals surface area contributed by atoms with Crippen molar-refractivity contribution in [3.8, 4) is 6.07 Å². The van der Waals surface area contributed by atoms with E-state index in [2.05, 4.69) is 63.7 Å². The van der Waals surface area contributed by atoms with Crippen molar-refractivity contribution in [3.05, 3.63) is 113 Å². The van der Waals surface area contributed by atoms with Crippen molar-refractivity contribution in [2.24, 2.45) is 0 Å². The summed E-state index contributed by atoms with van der Waals surface area (Å²) in [5, 5.41) is 18.3. The second kappa shape index (κ2) is 12.1. The molecule has 3 aromatic rings. The van der Waals surface area contributed by atoms with Crippen LogP contribution in [0.5, 0.6) is 0 Å². The number of nitriles is 1. The predicted octanol–water partition coefficient (Wildman–Crippen LogP) is 6.25. The summed E-state index contributed by atoms with van der Waals surface area (Å²) in [5.74, 6) is 0. The van der Waals surface area contributed by atoms with Crippen molar-refractivity contribution in [1.82, 2.24) is 21.4 Å². The lowest BCUT2D eigenvalue weighted by atomic mass is 10.0. The molecule has 2 atom stereocenters. The molecular weight excluding hydrogens is 482 g/mol. The Labute approximate surface area is 222 Å². The zero-order chi connectivity index (χ0) is 26.2. The Balaban J connectivity index is 1.76. The second-order valence-electron chi connectivity index (χ2n) is 8.56. The van der Waals surface area contributed by atoms with Gasteiger partial charge in [0.25, 0.3) is 0 Å². The Morgan fingerprint density at radius 2 is 2.03 bits per heavy atom. The summed E-state index contributed by atoms with van der Waals surface area (Å²) in [4.78, 5) is 4.50. The predicted molar refractivity (Wildman–Crippen MR) is 153 cm³/mol. The summed E-state index contributed by atoms with van der Waals surface area (Å²) < 4.78 is 0.